The number of hydrogen-bond donors (Lipinski definition) is 2. The van der Waals surface area contributed by atoms with Crippen LogP contribution in [-0.4, -0.2) is 38.6 Å². The van der Waals surface area contributed by atoms with Crippen molar-refractivity contribution in [3.8, 4) is 11.1 Å². The van der Waals surface area contributed by atoms with Crippen LogP contribution >= 0.6 is 0 Å². The van der Waals surface area contributed by atoms with E-state index in [4.69, 9.17) is 9.47 Å². The van der Waals surface area contributed by atoms with Crippen molar-refractivity contribution < 1.29 is 23.9 Å². The second-order valence-electron chi connectivity index (χ2n) is 6.60. The van der Waals surface area contributed by atoms with Gasteiger partial charge in [-0.3, -0.25) is 4.79 Å². The summed E-state index contributed by atoms with van der Waals surface area (Å²) in [6, 6.07) is 21.7. The summed E-state index contributed by atoms with van der Waals surface area (Å²) in [5, 5.41) is 5.83. The lowest BCUT2D eigenvalue weighted by Crippen LogP contribution is -2.22. The van der Waals surface area contributed by atoms with Gasteiger partial charge in [0.15, 0.2) is 0 Å². The van der Waals surface area contributed by atoms with Crippen molar-refractivity contribution in [2.24, 2.45) is 0 Å². The summed E-state index contributed by atoms with van der Waals surface area (Å²) in [6.45, 7) is -0.0140. The molecule has 0 bridgehead atoms. The Morgan fingerprint density at radius 3 is 1.97 bits per heavy atom. The van der Waals surface area contributed by atoms with Gasteiger partial charge in [-0.2, -0.15) is 0 Å². The minimum atomic E-state index is -0.629. The molecule has 7 nitrogen and oxygen atoms in total. The van der Waals surface area contributed by atoms with Crippen molar-refractivity contribution in [3.63, 3.8) is 0 Å². The third-order valence-electron chi connectivity index (χ3n) is 4.51. The van der Waals surface area contributed by atoms with Gasteiger partial charge in [-0.25, -0.2) is 9.59 Å². The molecule has 3 aromatic carbocycles. The predicted molar refractivity (Wildman–Crippen MR) is 118 cm³/mol. The van der Waals surface area contributed by atoms with Gasteiger partial charge in [-0.05, 0) is 29.8 Å². The molecule has 0 heterocycles. The summed E-state index contributed by atoms with van der Waals surface area (Å²) in [4.78, 5) is 36.3. The van der Waals surface area contributed by atoms with Gasteiger partial charge in [0, 0.05) is 16.9 Å². The molecule has 3 rings (SSSR count). The number of esters is 2. The van der Waals surface area contributed by atoms with Crippen molar-refractivity contribution in [1.29, 1.82) is 0 Å². The molecule has 0 aromatic heterocycles. The minimum absolute atomic E-state index is 0.0140. The van der Waals surface area contributed by atoms with Crippen molar-refractivity contribution in [2.45, 2.75) is 0 Å². The van der Waals surface area contributed by atoms with Crippen molar-refractivity contribution in [2.75, 3.05) is 31.4 Å². The van der Waals surface area contributed by atoms with Crippen LogP contribution in [0.4, 0.5) is 11.4 Å². The van der Waals surface area contributed by atoms with E-state index in [1.165, 1.54) is 32.4 Å². The van der Waals surface area contributed by atoms with Crippen LogP contribution < -0.4 is 10.6 Å². The maximum absolute atomic E-state index is 12.5. The Morgan fingerprint density at radius 2 is 1.35 bits per heavy atom. The third-order valence-corrected chi connectivity index (χ3v) is 4.51. The van der Waals surface area contributed by atoms with E-state index in [1.54, 1.807) is 0 Å². The Kier molecular flexibility index (Phi) is 7.01. The molecule has 0 fully saturated rings. The van der Waals surface area contributed by atoms with Gasteiger partial charge >= 0.3 is 11.9 Å². The number of anilines is 2. The van der Waals surface area contributed by atoms with Crippen molar-refractivity contribution in [3.05, 3.63) is 83.9 Å². The molecule has 0 unspecified atom stereocenters. The molecule has 0 radical (unpaired) electrons. The van der Waals surface area contributed by atoms with Crippen LogP contribution in [0, 0.1) is 0 Å². The molecule has 0 saturated carbocycles. The lowest BCUT2D eigenvalue weighted by Gasteiger charge is -2.13. The standard InChI is InChI=1S/C24H22N2O5/c1-30-23(28)17-12-18(24(29)31-2)14-19(13-17)26-22(27)15-25-21-11-7-6-10-20(21)16-8-4-3-5-9-16/h3-14,25H,15H2,1-2H3,(H,26,27). The summed E-state index contributed by atoms with van der Waals surface area (Å²) < 4.78 is 9.42. The molecule has 7 heteroatoms. The van der Waals surface area contributed by atoms with Gasteiger partial charge in [-0.1, -0.05) is 48.5 Å². The maximum atomic E-state index is 12.5. The molecule has 158 valence electrons. The fourth-order valence-corrected chi connectivity index (χ4v) is 3.06. The SMILES string of the molecule is COC(=O)c1cc(NC(=O)CNc2ccccc2-c2ccccc2)cc(C(=O)OC)c1. The van der Waals surface area contributed by atoms with Crippen LogP contribution in [0.25, 0.3) is 11.1 Å². The van der Waals surface area contributed by atoms with Gasteiger partial charge < -0.3 is 20.1 Å². The van der Waals surface area contributed by atoms with E-state index < -0.39 is 11.9 Å². The molecule has 0 saturated heterocycles. The third kappa shape index (κ3) is 5.48. The summed E-state index contributed by atoms with van der Waals surface area (Å²) in [7, 11) is 2.47. The van der Waals surface area contributed by atoms with E-state index in [0.29, 0.717) is 0 Å². The molecular weight excluding hydrogens is 396 g/mol. The van der Waals surface area contributed by atoms with Gasteiger partial charge in [-0.15, -0.1) is 0 Å². The topological polar surface area (TPSA) is 93.7 Å². The Balaban J connectivity index is 1.75. The first-order chi connectivity index (χ1) is 15.0. The second-order valence-corrected chi connectivity index (χ2v) is 6.60. The first kappa shape index (κ1) is 21.6. The molecule has 0 spiro atoms. The molecule has 2 N–H and O–H groups in total. The smallest absolute Gasteiger partial charge is 0.337 e. The molecule has 0 aliphatic carbocycles. The number of methoxy groups -OCH3 is 2. The van der Waals surface area contributed by atoms with Crippen molar-refractivity contribution >= 4 is 29.2 Å². The molecule has 31 heavy (non-hydrogen) atoms. The first-order valence-corrected chi connectivity index (χ1v) is 9.51. The fourth-order valence-electron chi connectivity index (χ4n) is 3.06. The monoisotopic (exact) mass is 418 g/mol. The van der Waals surface area contributed by atoms with E-state index in [-0.39, 0.29) is 29.3 Å². The lowest BCUT2D eigenvalue weighted by molar-refractivity contribution is -0.114. The highest BCUT2D eigenvalue weighted by atomic mass is 16.5. The molecule has 0 aliphatic rings. The average Bonchev–Trinajstić information content (AvgIpc) is 2.82. The quantitative estimate of drug-likeness (QED) is 0.564. The Morgan fingerprint density at radius 1 is 0.774 bits per heavy atom. The highest BCUT2D eigenvalue weighted by molar-refractivity contribution is 6.00. The molecular formula is C24H22N2O5. The molecule has 3 aromatic rings. The number of rotatable bonds is 7. The largest absolute Gasteiger partial charge is 0.465 e. The Hall–Kier alpha value is -4.13. The first-order valence-electron chi connectivity index (χ1n) is 9.51. The summed E-state index contributed by atoms with van der Waals surface area (Å²) >= 11 is 0. The number of hydrogen-bond acceptors (Lipinski definition) is 6. The number of carbonyl (C=O) groups excluding carboxylic acids is 3. The van der Waals surface area contributed by atoms with Crippen molar-refractivity contribution in [1.82, 2.24) is 0 Å². The van der Waals surface area contributed by atoms with Crippen LogP contribution in [0.15, 0.2) is 72.8 Å². The maximum Gasteiger partial charge on any atom is 0.337 e. The molecule has 0 atom stereocenters. The van der Waals surface area contributed by atoms with E-state index in [1.807, 2.05) is 54.6 Å². The van der Waals surface area contributed by atoms with Crippen LogP contribution in [0.3, 0.4) is 0 Å². The number of para-hydroxylation sites is 1. The lowest BCUT2D eigenvalue weighted by atomic mass is 10.0. The van der Waals surface area contributed by atoms with E-state index in [9.17, 15) is 14.4 Å². The summed E-state index contributed by atoms with van der Waals surface area (Å²) in [5.41, 5.74) is 3.34. The Bertz CT molecular complexity index is 1060. The zero-order valence-corrected chi connectivity index (χ0v) is 17.2. The van der Waals surface area contributed by atoms with Gasteiger partial charge in [0.05, 0.1) is 31.9 Å². The number of carbonyl (C=O) groups is 3. The van der Waals surface area contributed by atoms with Gasteiger partial charge in [0.25, 0.3) is 0 Å². The fraction of sp³-hybridized carbons (Fsp3) is 0.125. The number of amides is 1. The molecule has 0 aliphatic heterocycles. The Labute approximate surface area is 180 Å². The normalized spacial score (nSPS) is 10.1. The predicted octanol–water partition coefficient (Wildman–Crippen LogP) is 3.98. The van der Waals surface area contributed by atoms with Gasteiger partial charge in [0.1, 0.15) is 0 Å². The zero-order valence-electron chi connectivity index (χ0n) is 17.2. The number of nitrogens with one attached hydrogen (secondary N) is 2. The number of ether oxygens (including phenoxy) is 2. The zero-order chi connectivity index (χ0) is 22.2. The minimum Gasteiger partial charge on any atom is -0.465 e. The van der Waals surface area contributed by atoms with E-state index in [0.717, 1.165) is 16.8 Å². The highest BCUT2D eigenvalue weighted by Gasteiger charge is 2.15. The van der Waals surface area contributed by atoms with Gasteiger partial charge in [0.2, 0.25) is 5.91 Å². The van der Waals surface area contributed by atoms with Crippen LogP contribution in [0.2, 0.25) is 0 Å². The van der Waals surface area contributed by atoms with Crippen LogP contribution in [-0.2, 0) is 14.3 Å². The highest BCUT2D eigenvalue weighted by Crippen LogP contribution is 2.27. The number of benzene rings is 3. The van der Waals surface area contributed by atoms with Crippen LogP contribution in [0.5, 0.6) is 0 Å². The van der Waals surface area contributed by atoms with E-state index in [2.05, 4.69) is 10.6 Å². The van der Waals surface area contributed by atoms with E-state index >= 15 is 0 Å². The second kappa shape index (κ2) is 10.1. The molecule has 1 amide bonds. The summed E-state index contributed by atoms with van der Waals surface area (Å²) in [5.74, 6) is -1.60. The average molecular weight is 418 g/mol. The van der Waals surface area contributed by atoms with Crippen LogP contribution in [0.1, 0.15) is 20.7 Å². The summed E-state index contributed by atoms with van der Waals surface area (Å²) in [6.07, 6.45) is 0.